The minimum atomic E-state index is -0.198. The predicted octanol–water partition coefficient (Wildman–Crippen LogP) is 3.78. The smallest absolute Gasteiger partial charge is 0.191 e. The van der Waals surface area contributed by atoms with E-state index < -0.39 is 0 Å². The van der Waals surface area contributed by atoms with Crippen molar-refractivity contribution in [2.45, 2.75) is 13.0 Å². The average Bonchev–Trinajstić information content (AvgIpc) is 3.13. The quantitative estimate of drug-likeness (QED) is 0.573. The Balaban J connectivity index is 1.46. The van der Waals surface area contributed by atoms with E-state index >= 15 is 0 Å². The Morgan fingerprint density at radius 1 is 1.19 bits per heavy atom. The molecule has 4 nitrogen and oxygen atoms in total. The lowest BCUT2D eigenvalue weighted by molar-refractivity contribution is 0.563. The number of rotatable bonds is 5. The van der Waals surface area contributed by atoms with Crippen LogP contribution >= 0.6 is 15.9 Å². The highest BCUT2D eigenvalue weighted by atomic mass is 79.9. The number of aliphatic imine (C=N–C) groups is 1. The number of halogens is 2. The molecule has 1 atom stereocenters. The van der Waals surface area contributed by atoms with Gasteiger partial charge in [0.15, 0.2) is 5.96 Å². The highest BCUT2D eigenvalue weighted by Crippen LogP contribution is 2.24. The fourth-order valence-corrected chi connectivity index (χ4v) is 3.43. The van der Waals surface area contributed by atoms with Crippen molar-refractivity contribution >= 4 is 27.6 Å². The normalized spacial score (nSPS) is 17.4. The number of hydrogen-bond donors (Lipinski definition) is 2. The second-order valence-electron chi connectivity index (χ2n) is 6.48. The summed E-state index contributed by atoms with van der Waals surface area (Å²) in [6, 6.07) is 15.2. The second-order valence-corrected chi connectivity index (χ2v) is 7.39. The molecule has 0 spiro atoms. The highest BCUT2D eigenvalue weighted by molar-refractivity contribution is 9.10. The summed E-state index contributed by atoms with van der Waals surface area (Å²) in [5, 5.41) is 6.54. The summed E-state index contributed by atoms with van der Waals surface area (Å²) in [4.78, 5) is 6.64. The molecule has 6 heteroatoms. The molecule has 1 heterocycles. The van der Waals surface area contributed by atoms with Crippen molar-refractivity contribution < 1.29 is 4.39 Å². The number of hydrogen-bond acceptors (Lipinski definition) is 2. The highest BCUT2D eigenvalue weighted by Gasteiger charge is 2.22. The lowest BCUT2D eigenvalue weighted by Crippen LogP contribution is -2.40. The zero-order valence-corrected chi connectivity index (χ0v) is 16.5. The van der Waals surface area contributed by atoms with E-state index in [2.05, 4.69) is 60.7 Å². The van der Waals surface area contributed by atoms with Crippen molar-refractivity contribution in [2.24, 2.45) is 10.9 Å². The molecule has 1 aliphatic heterocycles. The van der Waals surface area contributed by atoms with Crippen molar-refractivity contribution in [3.8, 4) is 0 Å². The molecule has 0 radical (unpaired) electrons. The predicted molar refractivity (Wildman–Crippen MR) is 109 cm³/mol. The van der Waals surface area contributed by atoms with Gasteiger partial charge in [0.1, 0.15) is 5.82 Å². The van der Waals surface area contributed by atoms with Crippen LogP contribution in [0.15, 0.2) is 58.0 Å². The van der Waals surface area contributed by atoms with E-state index in [1.165, 1.54) is 11.8 Å². The van der Waals surface area contributed by atoms with Crippen molar-refractivity contribution in [3.05, 3.63) is 64.4 Å². The molecule has 1 saturated heterocycles. The summed E-state index contributed by atoms with van der Waals surface area (Å²) in [5.74, 6) is 1.07. The van der Waals surface area contributed by atoms with Crippen LogP contribution in [0.1, 0.15) is 12.0 Å². The third kappa shape index (κ3) is 4.97. The average molecular weight is 419 g/mol. The Labute approximate surface area is 162 Å². The number of nitrogens with zero attached hydrogens (tertiary/aromatic N) is 2. The van der Waals surface area contributed by atoms with Crippen molar-refractivity contribution in [3.63, 3.8) is 0 Å². The fraction of sp³-hybridized carbons (Fsp3) is 0.350. The molecule has 2 aromatic rings. The first-order chi connectivity index (χ1) is 12.7. The van der Waals surface area contributed by atoms with Gasteiger partial charge in [0.05, 0.1) is 0 Å². The summed E-state index contributed by atoms with van der Waals surface area (Å²) in [7, 11) is 1.74. The van der Waals surface area contributed by atoms with Gasteiger partial charge in [0.2, 0.25) is 0 Å². The van der Waals surface area contributed by atoms with Crippen LogP contribution in [-0.2, 0) is 6.54 Å². The van der Waals surface area contributed by atoms with Crippen molar-refractivity contribution in [2.75, 3.05) is 31.6 Å². The largest absolute Gasteiger partial charge is 0.371 e. The molecule has 0 aliphatic carbocycles. The van der Waals surface area contributed by atoms with Crippen LogP contribution < -0.4 is 15.5 Å². The van der Waals surface area contributed by atoms with E-state index in [0.29, 0.717) is 24.0 Å². The first-order valence-electron chi connectivity index (χ1n) is 8.84. The summed E-state index contributed by atoms with van der Waals surface area (Å²) in [6.07, 6.45) is 1.15. The van der Waals surface area contributed by atoms with Gasteiger partial charge in [0, 0.05) is 49.0 Å². The van der Waals surface area contributed by atoms with Crippen LogP contribution in [0.5, 0.6) is 0 Å². The summed E-state index contributed by atoms with van der Waals surface area (Å²) < 4.78 is 14.8. The maximum absolute atomic E-state index is 13.7. The Kier molecular flexibility index (Phi) is 6.50. The number of anilines is 1. The zero-order valence-electron chi connectivity index (χ0n) is 14.9. The van der Waals surface area contributed by atoms with E-state index in [0.717, 1.165) is 30.5 Å². The van der Waals surface area contributed by atoms with Gasteiger partial charge in [-0.3, -0.25) is 4.99 Å². The van der Waals surface area contributed by atoms with Crippen LogP contribution in [0.3, 0.4) is 0 Å². The van der Waals surface area contributed by atoms with Gasteiger partial charge in [-0.1, -0.05) is 34.1 Å². The van der Waals surface area contributed by atoms with Gasteiger partial charge in [0.25, 0.3) is 0 Å². The molecule has 1 unspecified atom stereocenters. The van der Waals surface area contributed by atoms with E-state index in [-0.39, 0.29) is 5.82 Å². The van der Waals surface area contributed by atoms with Gasteiger partial charge in [-0.2, -0.15) is 0 Å². The molecule has 2 N–H and O–H groups in total. The third-order valence-corrected chi connectivity index (χ3v) is 5.19. The first-order valence-corrected chi connectivity index (χ1v) is 9.63. The lowest BCUT2D eigenvalue weighted by atomic mass is 10.1. The Bertz CT molecular complexity index is 748. The SMILES string of the molecule is CN=C(NCc1ccccc1F)NCC1CCN(c2ccc(Br)cc2)C1. The second kappa shape index (κ2) is 9.03. The van der Waals surface area contributed by atoms with Gasteiger partial charge in [-0.25, -0.2) is 4.39 Å². The maximum atomic E-state index is 13.7. The lowest BCUT2D eigenvalue weighted by Gasteiger charge is -2.19. The first kappa shape index (κ1) is 18.7. The molecular weight excluding hydrogens is 395 g/mol. The monoisotopic (exact) mass is 418 g/mol. The minimum absolute atomic E-state index is 0.198. The minimum Gasteiger partial charge on any atom is -0.371 e. The number of nitrogens with one attached hydrogen (secondary N) is 2. The Hall–Kier alpha value is -2.08. The third-order valence-electron chi connectivity index (χ3n) is 4.66. The molecule has 1 fully saturated rings. The van der Waals surface area contributed by atoms with Crippen LogP contribution in [-0.4, -0.2) is 32.6 Å². The molecule has 0 amide bonds. The van der Waals surface area contributed by atoms with Crippen LogP contribution in [0.4, 0.5) is 10.1 Å². The number of guanidine groups is 1. The van der Waals surface area contributed by atoms with Crippen molar-refractivity contribution in [1.82, 2.24) is 10.6 Å². The van der Waals surface area contributed by atoms with Crippen molar-refractivity contribution in [1.29, 1.82) is 0 Å². The standard InChI is InChI=1S/C20H24BrFN4/c1-23-20(25-13-16-4-2-3-5-19(16)22)24-12-15-10-11-26(14-15)18-8-6-17(21)7-9-18/h2-9,15H,10-14H2,1H3,(H2,23,24,25). The molecule has 0 saturated carbocycles. The molecule has 0 aromatic heterocycles. The summed E-state index contributed by atoms with van der Waals surface area (Å²) in [5.41, 5.74) is 1.90. The van der Waals surface area contributed by atoms with Gasteiger partial charge in [-0.15, -0.1) is 0 Å². The zero-order chi connectivity index (χ0) is 18.4. The molecule has 26 heavy (non-hydrogen) atoms. The maximum Gasteiger partial charge on any atom is 0.191 e. The van der Waals surface area contributed by atoms with E-state index in [9.17, 15) is 4.39 Å². The van der Waals surface area contributed by atoms with E-state index in [4.69, 9.17) is 0 Å². The molecule has 138 valence electrons. The Morgan fingerprint density at radius 2 is 1.96 bits per heavy atom. The Morgan fingerprint density at radius 3 is 2.69 bits per heavy atom. The van der Waals surface area contributed by atoms with Crippen LogP contribution in [0.2, 0.25) is 0 Å². The summed E-state index contributed by atoms with van der Waals surface area (Å²) >= 11 is 3.48. The molecule has 0 bridgehead atoms. The van der Waals surface area contributed by atoms with E-state index in [1.807, 2.05) is 6.07 Å². The van der Waals surface area contributed by atoms with Gasteiger partial charge in [-0.05, 0) is 42.7 Å². The molecule has 2 aromatic carbocycles. The molecular formula is C20H24BrFN4. The number of benzene rings is 2. The topological polar surface area (TPSA) is 39.7 Å². The van der Waals surface area contributed by atoms with Crippen LogP contribution in [0, 0.1) is 11.7 Å². The fourth-order valence-electron chi connectivity index (χ4n) is 3.17. The van der Waals surface area contributed by atoms with Gasteiger partial charge < -0.3 is 15.5 Å². The molecule has 1 aliphatic rings. The van der Waals surface area contributed by atoms with Crippen LogP contribution in [0.25, 0.3) is 0 Å². The van der Waals surface area contributed by atoms with E-state index in [1.54, 1.807) is 19.2 Å². The molecule has 3 rings (SSSR count). The summed E-state index contributed by atoms with van der Waals surface area (Å²) in [6.45, 7) is 3.36. The van der Waals surface area contributed by atoms with Gasteiger partial charge >= 0.3 is 0 Å².